The molecule has 2 aromatic rings. The molecular formula is C16H17ClN2O4. The second-order valence-electron chi connectivity index (χ2n) is 4.70. The fraction of sp³-hybridized carbons (Fsp3) is 0.250. The SMILES string of the molecule is COCCn1c(Nc2ccc(Cl)c(C(=O)OC)c2)cccc1=O. The minimum absolute atomic E-state index is 0.144. The summed E-state index contributed by atoms with van der Waals surface area (Å²) in [6.07, 6.45) is 0. The van der Waals surface area contributed by atoms with E-state index in [1.807, 2.05) is 0 Å². The van der Waals surface area contributed by atoms with Gasteiger partial charge in [-0.05, 0) is 24.3 Å². The highest BCUT2D eigenvalue weighted by Crippen LogP contribution is 2.23. The lowest BCUT2D eigenvalue weighted by atomic mass is 10.2. The van der Waals surface area contributed by atoms with Gasteiger partial charge in [0.25, 0.3) is 5.56 Å². The Morgan fingerprint density at radius 1 is 1.26 bits per heavy atom. The Bertz CT molecular complexity index is 758. The normalized spacial score (nSPS) is 10.4. The van der Waals surface area contributed by atoms with E-state index in [4.69, 9.17) is 21.1 Å². The van der Waals surface area contributed by atoms with Gasteiger partial charge in [0.2, 0.25) is 0 Å². The lowest BCUT2D eigenvalue weighted by Gasteiger charge is -2.15. The predicted octanol–water partition coefficient (Wildman–Crippen LogP) is 2.68. The van der Waals surface area contributed by atoms with E-state index in [-0.39, 0.29) is 11.1 Å². The fourth-order valence-electron chi connectivity index (χ4n) is 2.06. The molecule has 2 rings (SSSR count). The molecule has 1 heterocycles. The number of halogens is 1. The summed E-state index contributed by atoms with van der Waals surface area (Å²) in [6, 6.07) is 9.78. The zero-order chi connectivity index (χ0) is 16.8. The van der Waals surface area contributed by atoms with E-state index < -0.39 is 5.97 Å². The number of rotatable bonds is 6. The topological polar surface area (TPSA) is 69.6 Å². The van der Waals surface area contributed by atoms with Crippen LogP contribution in [0.3, 0.4) is 0 Å². The van der Waals surface area contributed by atoms with Gasteiger partial charge < -0.3 is 14.8 Å². The zero-order valence-corrected chi connectivity index (χ0v) is 13.6. The van der Waals surface area contributed by atoms with Gasteiger partial charge in [-0.1, -0.05) is 17.7 Å². The largest absolute Gasteiger partial charge is 0.465 e. The van der Waals surface area contributed by atoms with Crippen LogP contribution in [0.5, 0.6) is 0 Å². The molecule has 0 bridgehead atoms. The molecule has 0 fully saturated rings. The number of hydrogen-bond donors (Lipinski definition) is 1. The minimum Gasteiger partial charge on any atom is -0.465 e. The van der Waals surface area contributed by atoms with Crippen molar-refractivity contribution in [2.24, 2.45) is 0 Å². The Hall–Kier alpha value is -2.31. The average molecular weight is 337 g/mol. The molecule has 0 unspecified atom stereocenters. The monoisotopic (exact) mass is 336 g/mol. The third-order valence-electron chi connectivity index (χ3n) is 3.21. The van der Waals surface area contributed by atoms with E-state index in [9.17, 15) is 9.59 Å². The molecule has 0 aliphatic rings. The lowest BCUT2D eigenvalue weighted by molar-refractivity contribution is 0.0601. The van der Waals surface area contributed by atoms with Gasteiger partial charge in [-0.15, -0.1) is 0 Å². The Labute approximate surface area is 138 Å². The predicted molar refractivity (Wildman–Crippen MR) is 88.7 cm³/mol. The number of carbonyl (C=O) groups is 1. The Balaban J connectivity index is 2.34. The number of pyridine rings is 1. The number of aromatic nitrogens is 1. The van der Waals surface area contributed by atoms with E-state index in [2.05, 4.69) is 5.32 Å². The molecule has 0 amide bonds. The number of ether oxygens (including phenoxy) is 2. The third kappa shape index (κ3) is 4.12. The maximum atomic E-state index is 12.0. The summed E-state index contributed by atoms with van der Waals surface area (Å²) in [7, 11) is 2.86. The standard InChI is InChI=1S/C16H17ClN2O4/c1-22-9-8-19-14(4-3-5-15(19)20)18-11-6-7-13(17)12(10-11)16(21)23-2/h3-7,10,18H,8-9H2,1-2H3. The van der Waals surface area contributed by atoms with Crippen molar-refractivity contribution in [3.05, 3.63) is 57.3 Å². The van der Waals surface area contributed by atoms with Crippen LogP contribution in [0, 0.1) is 0 Å². The van der Waals surface area contributed by atoms with Crippen LogP contribution in [0.1, 0.15) is 10.4 Å². The van der Waals surface area contributed by atoms with Crippen molar-refractivity contribution >= 4 is 29.1 Å². The summed E-state index contributed by atoms with van der Waals surface area (Å²) in [5.41, 5.74) is 0.724. The summed E-state index contributed by atoms with van der Waals surface area (Å²) in [5.74, 6) is 0.0659. The molecule has 23 heavy (non-hydrogen) atoms. The molecule has 1 N–H and O–H groups in total. The van der Waals surface area contributed by atoms with Crippen molar-refractivity contribution in [2.45, 2.75) is 6.54 Å². The van der Waals surface area contributed by atoms with Crippen molar-refractivity contribution in [1.82, 2.24) is 4.57 Å². The van der Waals surface area contributed by atoms with Gasteiger partial charge >= 0.3 is 5.97 Å². The van der Waals surface area contributed by atoms with E-state index in [1.165, 1.54) is 13.2 Å². The number of esters is 1. The highest BCUT2D eigenvalue weighted by atomic mass is 35.5. The van der Waals surface area contributed by atoms with Gasteiger partial charge in [0.05, 0.1) is 30.8 Å². The van der Waals surface area contributed by atoms with Gasteiger partial charge in [-0.25, -0.2) is 4.79 Å². The van der Waals surface area contributed by atoms with Gasteiger partial charge in [0, 0.05) is 18.9 Å². The first-order chi connectivity index (χ1) is 11.1. The Morgan fingerprint density at radius 2 is 2.04 bits per heavy atom. The van der Waals surface area contributed by atoms with Crippen molar-refractivity contribution in [2.75, 3.05) is 26.1 Å². The molecule has 0 saturated carbocycles. The molecule has 7 heteroatoms. The Morgan fingerprint density at radius 3 is 2.74 bits per heavy atom. The van der Waals surface area contributed by atoms with E-state index in [1.54, 1.807) is 42.0 Å². The Kier molecular flexibility index (Phi) is 5.78. The average Bonchev–Trinajstić information content (AvgIpc) is 2.55. The first-order valence-corrected chi connectivity index (χ1v) is 7.28. The molecule has 0 atom stereocenters. The molecule has 0 aliphatic carbocycles. The van der Waals surface area contributed by atoms with Crippen molar-refractivity contribution in [3.63, 3.8) is 0 Å². The number of carbonyl (C=O) groups excluding carboxylic acids is 1. The first kappa shape index (κ1) is 17.1. The van der Waals surface area contributed by atoms with Gasteiger partial charge in [-0.2, -0.15) is 0 Å². The van der Waals surface area contributed by atoms with Gasteiger partial charge in [-0.3, -0.25) is 9.36 Å². The molecule has 1 aromatic heterocycles. The van der Waals surface area contributed by atoms with Crippen molar-refractivity contribution in [3.8, 4) is 0 Å². The van der Waals surface area contributed by atoms with Crippen LogP contribution < -0.4 is 10.9 Å². The van der Waals surface area contributed by atoms with E-state index in [0.29, 0.717) is 29.7 Å². The summed E-state index contributed by atoms with van der Waals surface area (Å²) in [6.45, 7) is 0.822. The highest BCUT2D eigenvalue weighted by Gasteiger charge is 2.12. The maximum absolute atomic E-state index is 12.0. The minimum atomic E-state index is -0.525. The van der Waals surface area contributed by atoms with Crippen molar-refractivity contribution < 1.29 is 14.3 Å². The van der Waals surface area contributed by atoms with Crippen LogP contribution in [0.2, 0.25) is 5.02 Å². The summed E-state index contributed by atoms with van der Waals surface area (Å²) in [5, 5.41) is 3.41. The zero-order valence-electron chi connectivity index (χ0n) is 12.8. The molecule has 0 aliphatic heterocycles. The molecule has 1 aromatic carbocycles. The van der Waals surface area contributed by atoms with E-state index >= 15 is 0 Å². The second-order valence-corrected chi connectivity index (χ2v) is 5.11. The van der Waals surface area contributed by atoms with Crippen molar-refractivity contribution in [1.29, 1.82) is 0 Å². The van der Waals surface area contributed by atoms with Crippen LogP contribution >= 0.6 is 11.6 Å². The third-order valence-corrected chi connectivity index (χ3v) is 3.54. The van der Waals surface area contributed by atoms with Gasteiger partial charge in [0.1, 0.15) is 5.82 Å². The molecule has 6 nitrogen and oxygen atoms in total. The number of anilines is 2. The quantitative estimate of drug-likeness (QED) is 0.821. The molecular weight excluding hydrogens is 320 g/mol. The number of methoxy groups -OCH3 is 2. The lowest BCUT2D eigenvalue weighted by Crippen LogP contribution is -2.23. The van der Waals surface area contributed by atoms with Gasteiger partial charge in [0.15, 0.2) is 0 Å². The summed E-state index contributed by atoms with van der Waals surface area (Å²) >= 11 is 6.00. The van der Waals surface area contributed by atoms with Crippen LogP contribution in [0.15, 0.2) is 41.2 Å². The number of nitrogens with zero attached hydrogens (tertiary/aromatic N) is 1. The number of benzene rings is 1. The summed E-state index contributed by atoms with van der Waals surface area (Å²) < 4.78 is 11.3. The number of nitrogens with one attached hydrogen (secondary N) is 1. The number of hydrogen-bond acceptors (Lipinski definition) is 5. The van der Waals surface area contributed by atoms with E-state index in [0.717, 1.165) is 0 Å². The first-order valence-electron chi connectivity index (χ1n) is 6.90. The second kappa shape index (κ2) is 7.80. The highest BCUT2D eigenvalue weighted by molar-refractivity contribution is 6.33. The molecule has 0 spiro atoms. The molecule has 122 valence electrons. The maximum Gasteiger partial charge on any atom is 0.339 e. The van der Waals surface area contributed by atoms with Crippen LogP contribution in [-0.2, 0) is 16.0 Å². The van der Waals surface area contributed by atoms with Crippen LogP contribution in [0.25, 0.3) is 0 Å². The molecule has 0 radical (unpaired) electrons. The van der Waals surface area contributed by atoms with Crippen LogP contribution in [-0.4, -0.2) is 31.4 Å². The van der Waals surface area contributed by atoms with Crippen LogP contribution in [0.4, 0.5) is 11.5 Å². The smallest absolute Gasteiger partial charge is 0.339 e. The molecule has 0 saturated heterocycles. The fourth-order valence-corrected chi connectivity index (χ4v) is 2.25. The summed E-state index contributed by atoms with van der Waals surface area (Å²) in [4.78, 5) is 23.7.